The number of ether oxygens (including phenoxy) is 3. The van der Waals surface area contributed by atoms with Crippen LogP contribution in [-0.4, -0.2) is 55.4 Å². The third kappa shape index (κ3) is 5.86. The molecule has 1 atom stereocenters. The average molecular weight is 535 g/mol. The van der Waals surface area contributed by atoms with E-state index in [0.717, 1.165) is 24.9 Å². The first-order valence-electron chi connectivity index (χ1n) is 11.5. The first-order valence-corrected chi connectivity index (χ1v) is 12.2. The van der Waals surface area contributed by atoms with Crippen LogP contribution in [0.25, 0.3) is 11.4 Å². The highest BCUT2D eigenvalue weighted by Gasteiger charge is 2.27. The van der Waals surface area contributed by atoms with Gasteiger partial charge in [-0.3, -0.25) is 9.69 Å². The molecule has 36 heavy (non-hydrogen) atoms. The number of hydrogen-bond acceptors (Lipinski definition) is 8. The highest BCUT2D eigenvalue weighted by molar-refractivity contribution is 6.36. The Labute approximate surface area is 219 Å². The van der Waals surface area contributed by atoms with E-state index in [4.69, 9.17) is 41.9 Å². The molecule has 0 radical (unpaired) electrons. The van der Waals surface area contributed by atoms with E-state index < -0.39 is 0 Å². The summed E-state index contributed by atoms with van der Waals surface area (Å²) in [5, 5.41) is 8.08. The molecular weight excluding hydrogens is 507 g/mol. The van der Waals surface area contributed by atoms with E-state index in [0.29, 0.717) is 64.2 Å². The molecule has 9 nitrogen and oxygen atoms in total. The molecule has 1 aliphatic rings. The predicted octanol–water partition coefficient (Wildman–Crippen LogP) is 4.60. The van der Waals surface area contributed by atoms with Crippen molar-refractivity contribution in [2.45, 2.75) is 25.9 Å². The summed E-state index contributed by atoms with van der Waals surface area (Å²) < 4.78 is 21.7. The Kier molecular flexibility index (Phi) is 8.56. The Morgan fingerprint density at radius 3 is 2.67 bits per heavy atom. The van der Waals surface area contributed by atoms with Gasteiger partial charge in [0.25, 0.3) is 0 Å². The molecule has 0 aliphatic carbocycles. The molecule has 3 aromatic rings. The van der Waals surface area contributed by atoms with E-state index in [1.165, 1.54) is 0 Å². The largest absolute Gasteiger partial charge is 0.493 e. The van der Waals surface area contributed by atoms with Gasteiger partial charge >= 0.3 is 0 Å². The summed E-state index contributed by atoms with van der Waals surface area (Å²) in [6, 6.07) is 8.77. The van der Waals surface area contributed by atoms with E-state index in [9.17, 15) is 4.79 Å². The minimum atomic E-state index is -0.155. The van der Waals surface area contributed by atoms with Crippen molar-refractivity contribution in [3.05, 3.63) is 51.8 Å². The number of carbonyl (C=O) groups excluding carboxylic acids is 1. The molecule has 0 spiro atoms. The molecule has 4 rings (SSSR count). The third-order valence-corrected chi connectivity index (χ3v) is 6.66. The fraction of sp³-hybridized carbons (Fsp3) is 0.400. The molecule has 1 aliphatic heterocycles. The SMILES string of the molecule is COc1ccc(CNC(=O)C2CCCN(Cc3nc(-c4ccc(Cl)cc4Cl)no3)C2)c(OC)c1OC. The van der Waals surface area contributed by atoms with Gasteiger partial charge in [-0.05, 0) is 49.7 Å². The fourth-order valence-electron chi connectivity index (χ4n) is 4.33. The van der Waals surface area contributed by atoms with Crippen LogP contribution in [-0.2, 0) is 17.9 Å². The zero-order valence-electron chi connectivity index (χ0n) is 20.3. The number of amides is 1. The molecule has 192 valence electrons. The van der Waals surface area contributed by atoms with Crippen molar-refractivity contribution in [3.63, 3.8) is 0 Å². The average Bonchev–Trinajstić information content (AvgIpc) is 3.34. The minimum Gasteiger partial charge on any atom is -0.493 e. The van der Waals surface area contributed by atoms with Crippen LogP contribution in [0.2, 0.25) is 10.0 Å². The summed E-state index contributed by atoms with van der Waals surface area (Å²) >= 11 is 12.2. The van der Waals surface area contributed by atoms with Gasteiger partial charge in [0.2, 0.25) is 23.4 Å². The molecule has 2 aromatic carbocycles. The smallest absolute Gasteiger partial charge is 0.241 e. The van der Waals surface area contributed by atoms with Gasteiger partial charge in [-0.2, -0.15) is 4.98 Å². The zero-order chi connectivity index (χ0) is 25.7. The van der Waals surface area contributed by atoms with Crippen LogP contribution >= 0.6 is 23.2 Å². The molecule has 1 amide bonds. The van der Waals surface area contributed by atoms with Crippen molar-refractivity contribution in [1.82, 2.24) is 20.4 Å². The Morgan fingerprint density at radius 2 is 1.94 bits per heavy atom. The maximum atomic E-state index is 13.0. The number of piperidine rings is 1. The summed E-state index contributed by atoms with van der Waals surface area (Å²) in [7, 11) is 4.68. The third-order valence-electron chi connectivity index (χ3n) is 6.11. The number of methoxy groups -OCH3 is 3. The lowest BCUT2D eigenvalue weighted by Gasteiger charge is -2.31. The van der Waals surface area contributed by atoms with Crippen molar-refractivity contribution >= 4 is 29.1 Å². The highest BCUT2D eigenvalue weighted by atomic mass is 35.5. The highest BCUT2D eigenvalue weighted by Crippen LogP contribution is 2.39. The second kappa shape index (κ2) is 11.8. The van der Waals surface area contributed by atoms with Crippen molar-refractivity contribution in [2.75, 3.05) is 34.4 Å². The number of aromatic nitrogens is 2. The van der Waals surface area contributed by atoms with E-state index in [1.807, 2.05) is 6.07 Å². The number of likely N-dealkylation sites (tertiary alicyclic amines) is 1. The first kappa shape index (κ1) is 26.1. The maximum absolute atomic E-state index is 13.0. The van der Waals surface area contributed by atoms with Gasteiger partial charge in [0.05, 0.1) is 38.8 Å². The van der Waals surface area contributed by atoms with Crippen LogP contribution in [0.1, 0.15) is 24.3 Å². The number of hydrogen-bond donors (Lipinski definition) is 1. The zero-order valence-corrected chi connectivity index (χ0v) is 21.9. The standard InChI is InChI=1S/C25H28Cl2N4O5/c1-33-20-9-6-15(22(34-2)23(20)35-3)12-28-25(32)16-5-4-10-31(13-16)14-21-29-24(30-36-21)18-8-7-17(26)11-19(18)27/h6-9,11,16H,4-5,10,12-14H2,1-3H3,(H,28,32). The molecule has 2 heterocycles. The Bertz CT molecular complexity index is 1220. The fourth-order valence-corrected chi connectivity index (χ4v) is 4.83. The van der Waals surface area contributed by atoms with Gasteiger partial charge in [-0.1, -0.05) is 28.4 Å². The summed E-state index contributed by atoms with van der Waals surface area (Å²) in [6.07, 6.45) is 1.70. The summed E-state index contributed by atoms with van der Waals surface area (Å²) in [5.41, 5.74) is 1.45. The number of benzene rings is 2. The first-order chi connectivity index (χ1) is 17.4. The van der Waals surface area contributed by atoms with Gasteiger partial charge in [-0.25, -0.2) is 0 Å². The minimum absolute atomic E-state index is 0.0179. The molecule has 11 heteroatoms. The molecule has 1 unspecified atom stereocenters. The normalized spacial score (nSPS) is 16.0. The van der Waals surface area contributed by atoms with Gasteiger partial charge in [0, 0.05) is 29.2 Å². The van der Waals surface area contributed by atoms with Crippen LogP contribution in [0.4, 0.5) is 0 Å². The monoisotopic (exact) mass is 534 g/mol. The van der Waals surface area contributed by atoms with E-state index in [2.05, 4.69) is 20.4 Å². The summed E-state index contributed by atoms with van der Waals surface area (Å²) in [4.78, 5) is 19.6. The number of carbonyl (C=O) groups is 1. The molecule has 0 bridgehead atoms. The van der Waals surface area contributed by atoms with Gasteiger partial charge in [0.15, 0.2) is 11.5 Å². The van der Waals surface area contributed by atoms with Gasteiger partial charge in [0.1, 0.15) is 0 Å². The molecule has 1 aromatic heterocycles. The van der Waals surface area contributed by atoms with Crippen LogP contribution < -0.4 is 19.5 Å². The summed E-state index contributed by atoms with van der Waals surface area (Å²) in [6.45, 7) is 2.19. The van der Waals surface area contributed by atoms with E-state index in [1.54, 1.807) is 45.6 Å². The van der Waals surface area contributed by atoms with Crippen LogP contribution in [0.15, 0.2) is 34.9 Å². The van der Waals surface area contributed by atoms with Crippen LogP contribution in [0.5, 0.6) is 17.2 Å². The lowest BCUT2D eigenvalue weighted by molar-refractivity contribution is -0.127. The second-order valence-corrected chi connectivity index (χ2v) is 9.27. The van der Waals surface area contributed by atoms with Gasteiger partial charge < -0.3 is 24.1 Å². The van der Waals surface area contributed by atoms with Crippen molar-refractivity contribution in [1.29, 1.82) is 0 Å². The Morgan fingerprint density at radius 1 is 1.14 bits per heavy atom. The van der Waals surface area contributed by atoms with Crippen LogP contribution in [0, 0.1) is 5.92 Å². The lowest BCUT2D eigenvalue weighted by atomic mass is 9.97. The maximum Gasteiger partial charge on any atom is 0.241 e. The van der Waals surface area contributed by atoms with Gasteiger partial charge in [-0.15, -0.1) is 0 Å². The second-order valence-electron chi connectivity index (χ2n) is 8.42. The quantitative estimate of drug-likeness (QED) is 0.425. The molecule has 1 fully saturated rings. The molecule has 1 N–H and O–H groups in total. The topological polar surface area (TPSA) is 99.0 Å². The number of nitrogens with one attached hydrogen (secondary N) is 1. The Balaban J connectivity index is 1.36. The van der Waals surface area contributed by atoms with E-state index in [-0.39, 0.29) is 11.8 Å². The van der Waals surface area contributed by atoms with E-state index >= 15 is 0 Å². The molecular formula is C25H28Cl2N4O5. The lowest BCUT2D eigenvalue weighted by Crippen LogP contribution is -2.42. The molecule has 1 saturated heterocycles. The molecule has 0 saturated carbocycles. The van der Waals surface area contributed by atoms with Crippen molar-refractivity contribution in [2.24, 2.45) is 5.92 Å². The number of nitrogens with zero attached hydrogens (tertiary/aromatic N) is 3. The predicted molar refractivity (Wildman–Crippen MR) is 136 cm³/mol. The number of rotatable bonds is 9. The Hall–Kier alpha value is -3.01. The summed E-state index contributed by atoms with van der Waals surface area (Å²) in [5.74, 6) is 2.29. The number of halogens is 2. The van der Waals surface area contributed by atoms with Crippen molar-refractivity contribution in [3.8, 4) is 28.6 Å². The van der Waals surface area contributed by atoms with Crippen molar-refractivity contribution < 1.29 is 23.5 Å². The van der Waals surface area contributed by atoms with Crippen LogP contribution in [0.3, 0.4) is 0 Å².